The zero-order chi connectivity index (χ0) is 27.1. The maximum absolute atomic E-state index is 11.2. The number of hydrogen-bond acceptors (Lipinski definition) is 3. The topological polar surface area (TPSA) is 29.5 Å². The molecular weight excluding hydrogens is 559 g/mol. The second-order valence-corrected chi connectivity index (χ2v) is 16.5. The van der Waals surface area contributed by atoms with Gasteiger partial charge in [-0.3, -0.25) is 4.57 Å². The molecule has 0 aliphatic carbocycles. The first-order chi connectivity index (χ1) is 14.5. The van der Waals surface area contributed by atoms with Crippen LogP contribution in [-0.4, -0.2) is 77.6 Å². The van der Waals surface area contributed by atoms with Crippen LogP contribution >= 0.6 is 7.37 Å². The predicted molar refractivity (Wildman–Crippen MR) is 227 cm³/mol. The Bertz CT molecular complexity index is 517. The molecular formula is C39H110N2O2P+. The lowest BCUT2D eigenvalue weighted by Gasteiger charge is -2.29. The fourth-order valence-electron chi connectivity index (χ4n) is 2.24. The fraction of sp³-hybridized carbons (Fsp3) is 1.00. The molecule has 0 atom stereocenters. The molecule has 0 rings (SSSR count). The highest BCUT2D eigenvalue weighted by molar-refractivity contribution is 7.57. The van der Waals surface area contributed by atoms with E-state index in [2.05, 4.69) is 102 Å². The number of nitrogens with zero attached hydrogens (tertiary/aromatic N) is 2. The van der Waals surface area contributed by atoms with Crippen molar-refractivity contribution < 1.29 is 13.6 Å². The Balaban J connectivity index is -0.0000000228. The highest BCUT2D eigenvalue weighted by Gasteiger charge is 2.19. The Morgan fingerprint density at radius 2 is 0.841 bits per heavy atom. The minimum absolute atomic E-state index is 0. The van der Waals surface area contributed by atoms with Crippen LogP contribution in [0.2, 0.25) is 0 Å². The van der Waals surface area contributed by atoms with E-state index in [-0.39, 0.29) is 81.7 Å². The van der Waals surface area contributed by atoms with Crippen LogP contribution in [0.15, 0.2) is 0 Å². The molecule has 0 aliphatic heterocycles. The molecule has 0 unspecified atom stereocenters. The highest BCUT2D eigenvalue weighted by atomic mass is 31.2. The van der Waals surface area contributed by atoms with Gasteiger partial charge in [0.05, 0.1) is 34.3 Å². The van der Waals surface area contributed by atoms with E-state index in [0.29, 0.717) is 22.9 Å². The van der Waals surface area contributed by atoms with Gasteiger partial charge in [0, 0.05) is 19.8 Å². The van der Waals surface area contributed by atoms with Crippen LogP contribution in [0.5, 0.6) is 0 Å². The molecule has 5 heteroatoms. The van der Waals surface area contributed by atoms with Crippen molar-refractivity contribution >= 4 is 7.37 Å². The SMILES string of the molecule is C.C.C.C.C.C.C.C.C.C.C.CCC(C)(C)CCN(C)C.CCC(C)(C)CCOP(C)(C)=O.CCC(C)(C)CC[N+](C)(C)C. The first-order valence-corrected chi connectivity index (χ1v) is 15.7. The summed E-state index contributed by atoms with van der Waals surface area (Å²) in [6.45, 7) is 26.9. The summed E-state index contributed by atoms with van der Waals surface area (Å²) in [4.78, 5) is 2.25. The number of quaternary nitrogens is 1. The van der Waals surface area contributed by atoms with Gasteiger partial charge < -0.3 is 13.9 Å². The molecule has 0 aromatic carbocycles. The van der Waals surface area contributed by atoms with Crippen LogP contribution in [0.3, 0.4) is 0 Å². The van der Waals surface area contributed by atoms with Gasteiger partial charge in [-0.05, 0) is 49.7 Å². The Morgan fingerprint density at radius 1 is 0.568 bits per heavy atom. The molecule has 0 bridgehead atoms. The van der Waals surface area contributed by atoms with Crippen LogP contribution in [0, 0.1) is 16.2 Å². The molecule has 0 saturated carbocycles. The first-order valence-electron chi connectivity index (χ1n) is 13.2. The van der Waals surface area contributed by atoms with E-state index in [1.165, 1.54) is 38.8 Å². The molecule has 0 amide bonds. The van der Waals surface area contributed by atoms with Gasteiger partial charge in [0.2, 0.25) is 0 Å². The van der Waals surface area contributed by atoms with Gasteiger partial charge in [-0.1, -0.05) is 163 Å². The molecule has 0 saturated heterocycles. The lowest BCUT2D eigenvalue weighted by atomic mass is 9.86. The molecule has 292 valence electrons. The second-order valence-electron chi connectivity index (χ2n) is 13.7. The molecule has 0 fully saturated rings. The normalized spacial score (nSPS) is 9.93. The van der Waals surface area contributed by atoms with Crippen LogP contribution < -0.4 is 0 Å². The molecule has 4 nitrogen and oxygen atoms in total. The lowest BCUT2D eigenvalue weighted by Crippen LogP contribution is -2.37. The maximum Gasteiger partial charge on any atom is 0.197 e. The van der Waals surface area contributed by atoms with Gasteiger partial charge >= 0.3 is 0 Å². The third kappa shape index (κ3) is 78.5. The van der Waals surface area contributed by atoms with E-state index >= 15 is 0 Å². The predicted octanol–water partition coefficient (Wildman–Crippen LogP) is 15.3. The zero-order valence-electron chi connectivity index (χ0n) is 26.0. The lowest BCUT2D eigenvalue weighted by molar-refractivity contribution is -0.871. The average molecular weight is 670 g/mol. The maximum atomic E-state index is 11.2. The van der Waals surface area contributed by atoms with Crippen LogP contribution in [0.4, 0.5) is 0 Å². The summed E-state index contributed by atoms with van der Waals surface area (Å²) in [6, 6.07) is 0. The van der Waals surface area contributed by atoms with Gasteiger partial charge in [0.15, 0.2) is 7.37 Å². The van der Waals surface area contributed by atoms with Crippen LogP contribution in [0.25, 0.3) is 0 Å². The minimum Gasteiger partial charge on any atom is -0.331 e. The summed E-state index contributed by atoms with van der Waals surface area (Å²) in [5.41, 5.74) is 1.38. The summed E-state index contributed by atoms with van der Waals surface area (Å²) < 4.78 is 17.5. The quantitative estimate of drug-likeness (QED) is 0.144. The van der Waals surface area contributed by atoms with Gasteiger partial charge in [-0.15, -0.1) is 0 Å². The Morgan fingerprint density at radius 3 is 1.07 bits per heavy atom. The Labute approximate surface area is 292 Å². The standard InChI is InChI=1S/C10H24N.C9H21N.C9H21O2P.11CH4/c1-7-10(2,3)8-9-11(4,5)6;1-6-9(2,3)7-8-10(4)5;1-6-9(2,3)7-8-11-12(4,5)10;;;;;;;;;;;/h7-9H2,1-6H3;6-8H2,1-5H3;6-8H2,1-5H3;11*1H4/q+1;;;;;;;;;;;;;. The van der Waals surface area contributed by atoms with Crippen LogP contribution in [0.1, 0.15) is 183 Å². The number of rotatable bonds is 13. The van der Waals surface area contributed by atoms with Crippen molar-refractivity contribution in [1.29, 1.82) is 0 Å². The van der Waals surface area contributed by atoms with Crippen molar-refractivity contribution in [2.45, 2.75) is 183 Å². The largest absolute Gasteiger partial charge is 0.331 e. The van der Waals surface area contributed by atoms with Crippen molar-refractivity contribution in [2.24, 2.45) is 16.2 Å². The second kappa shape index (κ2) is 41.1. The molecule has 0 spiro atoms. The van der Waals surface area contributed by atoms with Crippen molar-refractivity contribution in [3.63, 3.8) is 0 Å². The monoisotopic (exact) mass is 670 g/mol. The van der Waals surface area contributed by atoms with E-state index in [4.69, 9.17) is 4.52 Å². The van der Waals surface area contributed by atoms with Gasteiger partial charge in [0.1, 0.15) is 0 Å². The molecule has 0 heterocycles. The van der Waals surface area contributed by atoms with Crippen molar-refractivity contribution in [1.82, 2.24) is 4.90 Å². The summed E-state index contributed by atoms with van der Waals surface area (Å²) in [6.07, 6.45) is 7.31. The smallest absolute Gasteiger partial charge is 0.197 e. The minimum atomic E-state index is -2.26. The molecule has 0 aromatic heterocycles. The van der Waals surface area contributed by atoms with E-state index in [1.807, 2.05) is 0 Å². The highest BCUT2D eigenvalue weighted by Crippen LogP contribution is 2.38. The van der Waals surface area contributed by atoms with E-state index in [0.717, 1.165) is 17.3 Å². The molecule has 0 aromatic rings. The van der Waals surface area contributed by atoms with Gasteiger partial charge in [-0.25, -0.2) is 0 Å². The molecule has 0 radical (unpaired) electrons. The summed E-state index contributed by atoms with van der Waals surface area (Å²) in [5, 5.41) is 0. The molecule has 0 N–H and O–H groups in total. The van der Waals surface area contributed by atoms with Gasteiger partial charge in [0.25, 0.3) is 0 Å². The van der Waals surface area contributed by atoms with Crippen LogP contribution in [-0.2, 0) is 9.09 Å². The first kappa shape index (κ1) is 90.4. The Kier molecular flexibility index (Phi) is 84.5. The third-order valence-electron chi connectivity index (χ3n) is 6.75. The molecule has 44 heavy (non-hydrogen) atoms. The molecule has 0 aliphatic rings. The fourth-order valence-corrected chi connectivity index (χ4v) is 2.77. The van der Waals surface area contributed by atoms with E-state index in [1.54, 1.807) is 13.3 Å². The summed E-state index contributed by atoms with van der Waals surface area (Å²) in [7, 11) is 8.77. The van der Waals surface area contributed by atoms with Crippen molar-refractivity contribution in [3.05, 3.63) is 0 Å². The zero-order valence-corrected chi connectivity index (χ0v) is 26.9. The summed E-state index contributed by atoms with van der Waals surface area (Å²) >= 11 is 0. The summed E-state index contributed by atoms with van der Waals surface area (Å²) in [5.74, 6) is 0. The van der Waals surface area contributed by atoms with E-state index in [9.17, 15) is 4.57 Å². The van der Waals surface area contributed by atoms with Crippen molar-refractivity contribution in [3.8, 4) is 0 Å². The van der Waals surface area contributed by atoms with Gasteiger partial charge in [-0.2, -0.15) is 0 Å². The van der Waals surface area contributed by atoms with Crippen molar-refractivity contribution in [2.75, 3.05) is 68.3 Å². The Hall–Kier alpha value is 0.110. The van der Waals surface area contributed by atoms with E-state index < -0.39 is 7.37 Å². The third-order valence-corrected chi connectivity index (χ3v) is 7.55. The average Bonchev–Trinajstić information content (AvgIpc) is 2.64. The number of hydrogen-bond donors (Lipinski definition) is 0.